The van der Waals surface area contributed by atoms with Gasteiger partial charge >= 0.3 is 5.97 Å². The molecule has 1 amide bonds. The number of furan rings is 1. The molecular formula is C14H17NO4. The molecule has 0 radical (unpaired) electrons. The summed E-state index contributed by atoms with van der Waals surface area (Å²) in [7, 11) is 0. The minimum absolute atomic E-state index is 0.0497. The minimum Gasteiger partial charge on any atom is -0.481 e. The highest BCUT2D eigenvalue weighted by atomic mass is 16.4. The Bertz CT molecular complexity index is 468. The lowest BCUT2D eigenvalue weighted by molar-refractivity contribution is -0.138. The van der Waals surface area contributed by atoms with E-state index in [-0.39, 0.29) is 30.3 Å². The molecule has 2 unspecified atom stereocenters. The predicted molar refractivity (Wildman–Crippen MR) is 66.7 cm³/mol. The van der Waals surface area contributed by atoms with Gasteiger partial charge in [-0.05, 0) is 43.7 Å². The number of piperidine rings is 1. The number of fused-ring (bicyclic) bond motifs is 2. The standard InChI is InChI=1S/C14H17NO4/c16-13(17)8-9-6-10-3-4-11(7-9)15(10)14(18)12-2-1-5-19-12/h1-2,5,9-11H,3-4,6-8H2,(H,16,17). The highest BCUT2D eigenvalue weighted by molar-refractivity contribution is 5.92. The number of amides is 1. The molecule has 2 bridgehead atoms. The highest BCUT2D eigenvalue weighted by Gasteiger charge is 2.44. The molecule has 102 valence electrons. The van der Waals surface area contributed by atoms with Gasteiger partial charge in [0.05, 0.1) is 6.26 Å². The number of carbonyl (C=O) groups is 2. The maximum absolute atomic E-state index is 12.4. The number of carboxylic acids is 1. The van der Waals surface area contributed by atoms with E-state index in [0.717, 1.165) is 25.7 Å². The van der Waals surface area contributed by atoms with Gasteiger partial charge in [0.2, 0.25) is 0 Å². The molecule has 1 aromatic heterocycles. The molecule has 2 aliphatic rings. The zero-order valence-electron chi connectivity index (χ0n) is 10.6. The van der Waals surface area contributed by atoms with Crippen LogP contribution in [0.4, 0.5) is 0 Å². The van der Waals surface area contributed by atoms with Crippen LogP contribution in [-0.4, -0.2) is 34.0 Å². The lowest BCUT2D eigenvalue weighted by Gasteiger charge is -2.38. The van der Waals surface area contributed by atoms with Crippen molar-refractivity contribution in [3.63, 3.8) is 0 Å². The van der Waals surface area contributed by atoms with Crippen molar-refractivity contribution in [2.45, 2.75) is 44.2 Å². The van der Waals surface area contributed by atoms with Crippen molar-refractivity contribution in [1.29, 1.82) is 0 Å². The lowest BCUT2D eigenvalue weighted by atomic mass is 9.88. The molecular weight excluding hydrogens is 246 g/mol. The topological polar surface area (TPSA) is 70.8 Å². The molecule has 0 saturated carbocycles. The number of hydrogen-bond donors (Lipinski definition) is 1. The third kappa shape index (κ3) is 2.25. The van der Waals surface area contributed by atoms with E-state index in [4.69, 9.17) is 9.52 Å². The molecule has 1 N–H and O–H groups in total. The monoisotopic (exact) mass is 263 g/mol. The van der Waals surface area contributed by atoms with Crippen LogP contribution in [0.25, 0.3) is 0 Å². The summed E-state index contributed by atoms with van der Waals surface area (Å²) in [4.78, 5) is 25.1. The van der Waals surface area contributed by atoms with E-state index in [2.05, 4.69) is 0 Å². The second kappa shape index (κ2) is 4.72. The Labute approximate surface area is 111 Å². The zero-order valence-corrected chi connectivity index (χ0v) is 10.6. The number of rotatable bonds is 3. The average molecular weight is 263 g/mol. The molecule has 2 aliphatic heterocycles. The van der Waals surface area contributed by atoms with Gasteiger partial charge in [0.1, 0.15) is 0 Å². The summed E-state index contributed by atoms with van der Waals surface area (Å²) in [6, 6.07) is 3.76. The Balaban J connectivity index is 1.73. The number of hydrogen-bond acceptors (Lipinski definition) is 3. The van der Waals surface area contributed by atoms with Crippen LogP contribution in [0.3, 0.4) is 0 Å². The van der Waals surface area contributed by atoms with Crippen molar-refractivity contribution in [3.05, 3.63) is 24.2 Å². The van der Waals surface area contributed by atoms with Gasteiger partial charge in [-0.1, -0.05) is 0 Å². The Morgan fingerprint density at radius 1 is 1.32 bits per heavy atom. The van der Waals surface area contributed by atoms with Crippen molar-refractivity contribution >= 4 is 11.9 Å². The fourth-order valence-corrected chi connectivity index (χ4v) is 3.56. The number of carboxylic acid groups (broad SMARTS) is 1. The van der Waals surface area contributed by atoms with Gasteiger partial charge in [0.15, 0.2) is 5.76 Å². The van der Waals surface area contributed by atoms with Gasteiger partial charge in [-0.15, -0.1) is 0 Å². The summed E-state index contributed by atoms with van der Waals surface area (Å²) in [6.07, 6.45) is 5.28. The third-order valence-electron chi connectivity index (χ3n) is 4.26. The van der Waals surface area contributed by atoms with E-state index in [1.165, 1.54) is 6.26 Å². The molecule has 2 saturated heterocycles. The molecule has 2 fully saturated rings. The highest BCUT2D eigenvalue weighted by Crippen LogP contribution is 2.40. The van der Waals surface area contributed by atoms with Crippen molar-refractivity contribution in [2.24, 2.45) is 5.92 Å². The first-order valence-electron chi connectivity index (χ1n) is 6.73. The fourth-order valence-electron chi connectivity index (χ4n) is 3.56. The number of aliphatic carboxylic acids is 1. The zero-order chi connectivity index (χ0) is 13.4. The fraction of sp³-hybridized carbons (Fsp3) is 0.571. The molecule has 5 nitrogen and oxygen atoms in total. The predicted octanol–water partition coefficient (Wildman–Crippen LogP) is 2.14. The van der Waals surface area contributed by atoms with Crippen molar-refractivity contribution in [1.82, 2.24) is 4.90 Å². The summed E-state index contributed by atoms with van der Waals surface area (Å²) in [5, 5.41) is 8.89. The second-order valence-corrected chi connectivity index (χ2v) is 5.51. The molecule has 0 aliphatic carbocycles. The van der Waals surface area contributed by atoms with Crippen LogP contribution in [0.1, 0.15) is 42.7 Å². The van der Waals surface area contributed by atoms with Crippen LogP contribution >= 0.6 is 0 Å². The van der Waals surface area contributed by atoms with Crippen molar-refractivity contribution < 1.29 is 19.1 Å². The first kappa shape index (κ1) is 12.3. The van der Waals surface area contributed by atoms with E-state index in [0.29, 0.717) is 5.76 Å². The Morgan fingerprint density at radius 3 is 2.53 bits per heavy atom. The van der Waals surface area contributed by atoms with Crippen LogP contribution in [0.2, 0.25) is 0 Å². The maximum Gasteiger partial charge on any atom is 0.303 e. The maximum atomic E-state index is 12.4. The molecule has 5 heteroatoms. The first-order chi connectivity index (χ1) is 9.15. The molecule has 2 atom stereocenters. The number of nitrogens with zero attached hydrogens (tertiary/aromatic N) is 1. The third-order valence-corrected chi connectivity index (χ3v) is 4.26. The van der Waals surface area contributed by atoms with Crippen LogP contribution in [0, 0.1) is 5.92 Å². The Hall–Kier alpha value is -1.78. The molecule has 1 aromatic rings. The molecule has 3 heterocycles. The quantitative estimate of drug-likeness (QED) is 0.907. The van der Waals surface area contributed by atoms with E-state index in [9.17, 15) is 9.59 Å². The molecule has 19 heavy (non-hydrogen) atoms. The van der Waals surface area contributed by atoms with Crippen molar-refractivity contribution in [3.8, 4) is 0 Å². The second-order valence-electron chi connectivity index (χ2n) is 5.51. The summed E-state index contributed by atoms with van der Waals surface area (Å²) in [5.74, 6) is -0.203. The summed E-state index contributed by atoms with van der Waals surface area (Å²) in [6.45, 7) is 0. The normalized spacial score (nSPS) is 29.5. The summed E-state index contributed by atoms with van der Waals surface area (Å²) in [5.41, 5.74) is 0. The Kier molecular flexibility index (Phi) is 3.05. The van der Waals surface area contributed by atoms with Gasteiger partial charge in [0, 0.05) is 18.5 Å². The largest absolute Gasteiger partial charge is 0.481 e. The first-order valence-corrected chi connectivity index (χ1v) is 6.73. The van der Waals surface area contributed by atoms with Gasteiger partial charge in [0.25, 0.3) is 5.91 Å². The van der Waals surface area contributed by atoms with Gasteiger partial charge in [-0.3, -0.25) is 9.59 Å². The van der Waals surface area contributed by atoms with E-state index in [1.807, 2.05) is 4.90 Å². The van der Waals surface area contributed by atoms with E-state index < -0.39 is 5.97 Å². The summed E-state index contributed by atoms with van der Waals surface area (Å²) >= 11 is 0. The number of carbonyl (C=O) groups excluding carboxylic acids is 1. The lowest BCUT2D eigenvalue weighted by Crippen LogP contribution is -2.46. The minimum atomic E-state index is -0.741. The summed E-state index contributed by atoms with van der Waals surface area (Å²) < 4.78 is 5.18. The van der Waals surface area contributed by atoms with E-state index >= 15 is 0 Å². The molecule has 0 aromatic carbocycles. The van der Waals surface area contributed by atoms with Crippen molar-refractivity contribution in [2.75, 3.05) is 0 Å². The van der Waals surface area contributed by atoms with Gasteiger partial charge < -0.3 is 14.4 Å². The van der Waals surface area contributed by atoms with Crippen LogP contribution in [-0.2, 0) is 4.79 Å². The van der Waals surface area contributed by atoms with Crippen LogP contribution in [0.5, 0.6) is 0 Å². The SMILES string of the molecule is O=C(O)CC1CC2CCC(C1)N2C(=O)c1ccco1. The molecule has 3 rings (SSSR count). The van der Waals surface area contributed by atoms with Crippen LogP contribution in [0.15, 0.2) is 22.8 Å². The average Bonchev–Trinajstić information content (AvgIpc) is 2.95. The smallest absolute Gasteiger partial charge is 0.303 e. The Morgan fingerprint density at radius 2 is 2.00 bits per heavy atom. The molecule has 0 spiro atoms. The van der Waals surface area contributed by atoms with Gasteiger partial charge in [-0.2, -0.15) is 0 Å². The van der Waals surface area contributed by atoms with E-state index in [1.54, 1.807) is 12.1 Å². The van der Waals surface area contributed by atoms with Crippen LogP contribution < -0.4 is 0 Å². The van der Waals surface area contributed by atoms with Gasteiger partial charge in [-0.25, -0.2) is 0 Å².